The highest BCUT2D eigenvalue weighted by atomic mass is 35.5. The summed E-state index contributed by atoms with van der Waals surface area (Å²) in [7, 11) is 2.36. The second kappa shape index (κ2) is 8.93. The maximum absolute atomic E-state index is 12.1. The number of nitrogens with one attached hydrogen (secondary N) is 2. The summed E-state index contributed by atoms with van der Waals surface area (Å²) in [5.74, 6) is -1.84. The highest BCUT2D eigenvalue weighted by Crippen LogP contribution is 2.22. The Morgan fingerprint density at radius 2 is 1.83 bits per heavy atom. The van der Waals surface area contributed by atoms with Crippen molar-refractivity contribution in [3.63, 3.8) is 0 Å². The first-order chi connectivity index (χ1) is 11.3. The van der Waals surface area contributed by atoms with E-state index >= 15 is 0 Å². The summed E-state index contributed by atoms with van der Waals surface area (Å²) in [6.07, 6.45) is 0.953. The van der Waals surface area contributed by atoms with E-state index in [2.05, 4.69) is 20.1 Å². The molecule has 0 spiro atoms. The Bertz CT molecular complexity index is 670. The number of halogens is 1. The summed E-state index contributed by atoms with van der Waals surface area (Å²) in [6.45, 7) is 3.64. The van der Waals surface area contributed by atoms with Crippen LogP contribution in [-0.2, 0) is 19.1 Å². The Balaban J connectivity index is 3.13. The van der Waals surface area contributed by atoms with E-state index in [0.29, 0.717) is 5.69 Å². The Morgan fingerprint density at radius 1 is 1.17 bits per heavy atom. The molecule has 0 fully saturated rings. The van der Waals surface area contributed by atoms with Crippen molar-refractivity contribution in [1.29, 1.82) is 0 Å². The van der Waals surface area contributed by atoms with Gasteiger partial charge in [-0.25, -0.2) is 9.59 Å². The molecule has 1 aromatic rings. The van der Waals surface area contributed by atoms with Gasteiger partial charge in [0.25, 0.3) is 5.91 Å². The van der Waals surface area contributed by atoms with Crippen molar-refractivity contribution in [3.05, 3.63) is 40.6 Å². The minimum atomic E-state index is -0.761. The summed E-state index contributed by atoms with van der Waals surface area (Å²) in [5.41, 5.74) is 0.480. The molecular weight excluding hydrogens is 336 g/mol. The monoisotopic (exact) mass is 354 g/mol. The zero-order valence-corrected chi connectivity index (χ0v) is 14.6. The van der Waals surface area contributed by atoms with E-state index in [1.807, 2.05) is 13.8 Å². The molecule has 0 bridgehead atoms. The van der Waals surface area contributed by atoms with Crippen LogP contribution in [0.25, 0.3) is 0 Å². The highest BCUT2D eigenvalue weighted by molar-refractivity contribution is 6.34. The van der Waals surface area contributed by atoms with E-state index in [-0.39, 0.29) is 28.2 Å². The Labute approximate surface area is 145 Å². The van der Waals surface area contributed by atoms with E-state index in [1.165, 1.54) is 26.4 Å². The largest absolute Gasteiger partial charge is 0.466 e. The third-order valence-electron chi connectivity index (χ3n) is 2.78. The first kappa shape index (κ1) is 19.5. The predicted molar refractivity (Wildman–Crippen MR) is 89.8 cm³/mol. The Morgan fingerprint density at radius 3 is 2.38 bits per heavy atom. The summed E-state index contributed by atoms with van der Waals surface area (Å²) >= 11 is 6.04. The van der Waals surface area contributed by atoms with Gasteiger partial charge in [0, 0.05) is 11.7 Å². The standard InChI is InChI=1S/C16H19ClN2O5/c1-9(2)18-15(21)11-7-10(5-6-12(11)17)19-13(16(22)24-4)8-14(20)23-3/h5-9,19H,1-4H3,(H,18,21)/b13-8+. The minimum Gasteiger partial charge on any atom is -0.466 e. The number of methoxy groups -OCH3 is 2. The summed E-state index contributed by atoms with van der Waals surface area (Å²) in [4.78, 5) is 35.2. The zero-order chi connectivity index (χ0) is 18.3. The number of esters is 2. The van der Waals surface area contributed by atoms with Crippen molar-refractivity contribution >= 4 is 35.1 Å². The molecule has 1 aromatic carbocycles. The molecule has 1 rings (SSSR count). The smallest absolute Gasteiger partial charge is 0.354 e. The van der Waals surface area contributed by atoms with Gasteiger partial charge in [-0.3, -0.25) is 4.79 Å². The van der Waals surface area contributed by atoms with Gasteiger partial charge in [-0.15, -0.1) is 0 Å². The van der Waals surface area contributed by atoms with Gasteiger partial charge in [0.05, 0.1) is 30.9 Å². The first-order valence-electron chi connectivity index (χ1n) is 7.03. The fraction of sp³-hybridized carbons (Fsp3) is 0.312. The quantitative estimate of drug-likeness (QED) is 0.600. The van der Waals surface area contributed by atoms with E-state index in [1.54, 1.807) is 6.07 Å². The van der Waals surface area contributed by atoms with E-state index in [9.17, 15) is 14.4 Å². The first-order valence-corrected chi connectivity index (χ1v) is 7.41. The lowest BCUT2D eigenvalue weighted by Crippen LogP contribution is -2.30. The number of hydrogen-bond donors (Lipinski definition) is 2. The molecule has 0 radical (unpaired) electrons. The molecule has 0 saturated heterocycles. The molecule has 0 heterocycles. The fourth-order valence-electron chi connectivity index (χ4n) is 1.71. The molecule has 0 aliphatic carbocycles. The van der Waals surface area contributed by atoms with Crippen LogP contribution in [0, 0.1) is 0 Å². The number of carbonyl (C=O) groups is 3. The molecule has 7 nitrogen and oxygen atoms in total. The summed E-state index contributed by atoms with van der Waals surface area (Å²) in [5, 5.41) is 5.70. The number of benzene rings is 1. The van der Waals surface area contributed by atoms with Crippen LogP contribution < -0.4 is 10.6 Å². The molecule has 0 unspecified atom stereocenters. The lowest BCUT2D eigenvalue weighted by Gasteiger charge is -2.13. The van der Waals surface area contributed by atoms with Gasteiger partial charge in [0.15, 0.2) is 0 Å². The van der Waals surface area contributed by atoms with Crippen molar-refractivity contribution in [1.82, 2.24) is 5.32 Å². The Hall–Kier alpha value is -2.54. The van der Waals surface area contributed by atoms with Crippen LogP contribution in [0.5, 0.6) is 0 Å². The van der Waals surface area contributed by atoms with Gasteiger partial charge >= 0.3 is 11.9 Å². The molecule has 24 heavy (non-hydrogen) atoms. The summed E-state index contributed by atoms with van der Waals surface area (Å²) < 4.78 is 9.09. The van der Waals surface area contributed by atoms with Gasteiger partial charge in [-0.05, 0) is 32.0 Å². The van der Waals surface area contributed by atoms with Crippen LogP contribution in [0.4, 0.5) is 5.69 Å². The molecule has 0 atom stereocenters. The number of hydrogen-bond acceptors (Lipinski definition) is 6. The molecule has 2 N–H and O–H groups in total. The van der Waals surface area contributed by atoms with Gasteiger partial charge in [0.2, 0.25) is 0 Å². The molecular formula is C16H19ClN2O5. The van der Waals surface area contributed by atoms with Gasteiger partial charge in [-0.2, -0.15) is 0 Å². The van der Waals surface area contributed by atoms with Crippen LogP contribution in [0.1, 0.15) is 24.2 Å². The lowest BCUT2D eigenvalue weighted by atomic mass is 10.1. The number of anilines is 1. The molecule has 0 aromatic heterocycles. The number of carbonyl (C=O) groups excluding carboxylic acids is 3. The van der Waals surface area contributed by atoms with Crippen LogP contribution in [0.2, 0.25) is 5.02 Å². The summed E-state index contributed by atoms with van der Waals surface area (Å²) in [6, 6.07) is 4.47. The predicted octanol–water partition coefficient (Wildman–Crippen LogP) is 2.12. The molecule has 0 aliphatic heterocycles. The molecule has 1 amide bonds. The molecule has 8 heteroatoms. The van der Waals surface area contributed by atoms with Crippen LogP contribution in [-0.4, -0.2) is 38.1 Å². The average molecular weight is 355 g/mol. The van der Waals surface area contributed by atoms with Crippen LogP contribution >= 0.6 is 11.6 Å². The highest BCUT2D eigenvalue weighted by Gasteiger charge is 2.16. The van der Waals surface area contributed by atoms with E-state index < -0.39 is 11.9 Å². The second-order valence-electron chi connectivity index (χ2n) is 5.02. The Kier molecular flexibility index (Phi) is 7.26. The van der Waals surface area contributed by atoms with Crippen LogP contribution in [0.15, 0.2) is 30.0 Å². The normalized spacial score (nSPS) is 11.0. The average Bonchev–Trinajstić information content (AvgIpc) is 2.54. The maximum atomic E-state index is 12.1. The van der Waals surface area contributed by atoms with Gasteiger partial charge < -0.3 is 20.1 Å². The second-order valence-corrected chi connectivity index (χ2v) is 5.43. The molecule has 0 saturated carbocycles. The number of amides is 1. The van der Waals surface area contributed by atoms with Crippen molar-refractivity contribution in [3.8, 4) is 0 Å². The van der Waals surface area contributed by atoms with Crippen molar-refractivity contribution in [2.24, 2.45) is 0 Å². The van der Waals surface area contributed by atoms with E-state index in [4.69, 9.17) is 11.6 Å². The minimum absolute atomic E-state index is 0.0602. The van der Waals surface area contributed by atoms with Crippen LogP contribution in [0.3, 0.4) is 0 Å². The number of rotatable bonds is 6. The topological polar surface area (TPSA) is 93.7 Å². The third kappa shape index (κ3) is 5.58. The van der Waals surface area contributed by atoms with Crippen molar-refractivity contribution in [2.75, 3.05) is 19.5 Å². The maximum Gasteiger partial charge on any atom is 0.354 e. The SMILES string of the molecule is COC(=O)/C=C(/Nc1ccc(Cl)c(C(=O)NC(C)C)c1)C(=O)OC. The lowest BCUT2D eigenvalue weighted by molar-refractivity contribution is -0.138. The fourth-order valence-corrected chi connectivity index (χ4v) is 1.91. The molecule has 0 aliphatic rings. The van der Waals surface area contributed by atoms with Crippen molar-refractivity contribution < 1.29 is 23.9 Å². The molecule has 130 valence electrons. The number of ether oxygens (including phenoxy) is 2. The van der Waals surface area contributed by atoms with Gasteiger partial charge in [-0.1, -0.05) is 11.6 Å². The van der Waals surface area contributed by atoms with Gasteiger partial charge in [0.1, 0.15) is 5.70 Å². The third-order valence-corrected chi connectivity index (χ3v) is 3.11. The zero-order valence-electron chi connectivity index (χ0n) is 13.8. The van der Waals surface area contributed by atoms with Crippen molar-refractivity contribution in [2.45, 2.75) is 19.9 Å². The van der Waals surface area contributed by atoms with E-state index in [0.717, 1.165) is 6.08 Å².